The van der Waals surface area contributed by atoms with E-state index in [9.17, 15) is 17.6 Å². The third-order valence-electron chi connectivity index (χ3n) is 5.00. The molecule has 3 rings (SSSR count). The van der Waals surface area contributed by atoms with E-state index >= 15 is 0 Å². The molecule has 0 saturated carbocycles. The third kappa shape index (κ3) is 4.10. The van der Waals surface area contributed by atoms with Gasteiger partial charge in [0.25, 0.3) is 15.9 Å². The van der Waals surface area contributed by atoms with Crippen LogP contribution in [0.5, 0.6) is 0 Å². The number of sulfonamides is 1. The number of aryl methyl sites for hydroxylation is 2. The van der Waals surface area contributed by atoms with Gasteiger partial charge in [-0.1, -0.05) is 13.0 Å². The lowest BCUT2D eigenvalue weighted by molar-refractivity contribution is 0.102. The molecule has 1 saturated heterocycles. The average molecular weight is 408 g/mol. The van der Waals surface area contributed by atoms with Crippen molar-refractivity contribution in [3.05, 3.63) is 41.3 Å². The number of anilines is 1. The minimum absolute atomic E-state index is 0.00464. The van der Waals surface area contributed by atoms with Crippen LogP contribution in [0.15, 0.2) is 29.4 Å². The van der Waals surface area contributed by atoms with E-state index in [1.165, 1.54) is 27.3 Å². The van der Waals surface area contributed by atoms with E-state index in [1.54, 1.807) is 19.9 Å². The fourth-order valence-electron chi connectivity index (χ4n) is 3.17. The highest BCUT2D eigenvalue weighted by Gasteiger charge is 2.34. The Bertz CT molecular complexity index is 979. The first-order valence-corrected chi connectivity index (χ1v) is 10.8. The van der Waals surface area contributed by atoms with Crippen molar-refractivity contribution in [1.29, 1.82) is 0 Å². The molecular weight excluding hydrogens is 383 g/mol. The molecule has 2 aromatic rings. The summed E-state index contributed by atoms with van der Waals surface area (Å²) >= 11 is 0. The molecule has 0 unspecified atom stereocenters. The molecule has 2 heterocycles. The molecule has 1 N–H and O–H groups in total. The summed E-state index contributed by atoms with van der Waals surface area (Å²) < 4.78 is 43.1. The summed E-state index contributed by atoms with van der Waals surface area (Å²) in [5, 5.41) is 6.31. The van der Waals surface area contributed by atoms with Crippen molar-refractivity contribution >= 4 is 21.6 Å². The van der Waals surface area contributed by atoms with Crippen LogP contribution < -0.4 is 5.32 Å². The normalized spacial score (nSPS) is 16.3. The summed E-state index contributed by atoms with van der Waals surface area (Å²) in [5.41, 5.74) is 0.632. The van der Waals surface area contributed by atoms with Crippen molar-refractivity contribution in [2.45, 2.75) is 45.2 Å². The highest BCUT2D eigenvalue weighted by atomic mass is 32.2. The van der Waals surface area contributed by atoms with Gasteiger partial charge in [0.15, 0.2) is 0 Å². The third-order valence-corrected chi connectivity index (χ3v) is 6.83. The number of rotatable bonds is 5. The van der Waals surface area contributed by atoms with Gasteiger partial charge in [-0.25, -0.2) is 12.8 Å². The van der Waals surface area contributed by atoms with Gasteiger partial charge in [0, 0.05) is 25.8 Å². The van der Waals surface area contributed by atoms with Crippen molar-refractivity contribution in [1.82, 2.24) is 14.1 Å². The maximum absolute atomic E-state index is 14.1. The Balaban J connectivity index is 1.93. The standard InChI is InChI=1S/C19H25FN4O3S/c1-4-23-12-15(18(25)21-17-6-5-14(3)11-16(17)20)19(22-23)28(26,27)24-9-7-13(2)8-10-24/h5-6,11-13H,4,7-10H2,1-3H3,(H,21,25). The van der Waals surface area contributed by atoms with E-state index in [4.69, 9.17) is 0 Å². The van der Waals surface area contributed by atoms with Crippen LogP contribution in [-0.2, 0) is 16.6 Å². The highest BCUT2D eigenvalue weighted by molar-refractivity contribution is 7.89. The van der Waals surface area contributed by atoms with Gasteiger partial charge >= 0.3 is 0 Å². The van der Waals surface area contributed by atoms with E-state index < -0.39 is 21.7 Å². The van der Waals surface area contributed by atoms with Crippen molar-refractivity contribution < 1.29 is 17.6 Å². The predicted octanol–water partition coefficient (Wildman–Crippen LogP) is 3.02. The number of nitrogens with one attached hydrogen (secondary N) is 1. The van der Waals surface area contributed by atoms with E-state index in [-0.39, 0.29) is 16.3 Å². The molecule has 0 bridgehead atoms. The molecular formula is C19H25FN4O3S. The summed E-state index contributed by atoms with van der Waals surface area (Å²) in [7, 11) is -3.91. The van der Waals surface area contributed by atoms with Crippen LogP contribution in [0, 0.1) is 18.7 Å². The Kier molecular flexibility index (Phi) is 5.85. The van der Waals surface area contributed by atoms with E-state index in [0.29, 0.717) is 25.6 Å². The number of amides is 1. The fourth-order valence-corrected chi connectivity index (χ4v) is 4.74. The highest BCUT2D eigenvalue weighted by Crippen LogP contribution is 2.26. The van der Waals surface area contributed by atoms with Crippen LogP contribution in [0.25, 0.3) is 0 Å². The molecule has 7 nitrogen and oxygen atoms in total. The van der Waals surface area contributed by atoms with E-state index in [1.807, 2.05) is 0 Å². The first-order chi connectivity index (χ1) is 13.2. The maximum Gasteiger partial charge on any atom is 0.263 e. The summed E-state index contributed by atoms with van der Waals surface area (Å²) in [4.78, 5) is 12.8. The summed E-state index contributed by atoms with van der Waals surface area (Å²) in [6, 6.07) is 4.42. The van der Waals surface area contributed by atoms with Gasteiger partial charge in [0.05, 0.1) is 11.3 Å². The summed E-state index contributed by atoms with van der Waals surface area (Å²) in [5.74, 6) is -0.816. The number of carbonyl (C=O) groups is 1. The maximum atomic E-state index is 14.1. The number of hydrogen-bond donors (Lipinski definition) is 1. The number of aromatic nitrogens is 2. The van der Waals surface area contributed by atoms with Gasteiger partial charge in [-0.15, -0.1) is 0 Å². The number of nitrogens with zero attached hydrogens (tertiary/aromatic N) is 3. The Labute approximate surface area is 164 Å². The monoisotopic (exact) mass is 408 g/mol. The zero-order valence-corrected chi connectivity index (χ0v) is 17.1. The smallest absolute Gasteiger partial charge is 0.263 e. The van der Waals surface area contributed by atoms with E-state index in [2.05, 4.69) is 17.3 Å². The lowest BCUT2D eigenvalue weighted by Crippen LogP contribution is -2.38. The molecule has 1 aliphatic heterocycles. The molecule has 0 aliphatic carbocycles. The fraction of sp³-hybridized carbons (Fsp3) is 0.474. The van der Waals surface area contributed by atoms with Crippen molar-refractivity contribution in [3.8, 4) is 0 Å². The number of halogens is 1. The molecule has 1 amide bonds. The molecule has 0 atom stereocenters. The van der Waals surface area contributed by atoms with Crippen molar-refractivity contribution in [3.63, 3.8) is 0 Å². The topological polar surface area (TPSA) is 84.3 Å². The summed E-state index contributed by atoms with van der Waals surface area (Å²) in [6.07, 6.45) is 2.93. The Morgan fingerprint density at radius 3 is 2.61 bits per heavy atom. The lowest BCUT2D eigenvalue weighted by Gasteiger charge is -2.28. The zero-order chi connectivity index (χ0) is 20.5. The molecule has 152 valence electrons. The van der Waals surface area contributed by atoms with Crippen LogP contribution in [0.3, 0.4) is 0 Å². The quantitative estimate of drug-likeness (QED) is 0.824. The molecule has 1 aromatic carbocycles. The van der Waals surface area contributed by atoms with Gasteiger partial charge in [0.1, 0.15) is 5.82 Å². The molecule has 9 heteroatoms. The first-order valence-electron chi connectivity index (χ1n) is 9.37. The van der Waals surface area contributed by atoms with Crippen LogP contribution >= 0.6 is 0 Å². The van der Waals surface area contributed by atoms with Gasteiger partial charge in [-0.2, -0.15) is 9.40 Å². The van der Waals surface area contributed by atoms with Crippen molar-refractivity contribution in [2.75, 3.05) is 18.4 Å². The van der Waals surface area contributed by atoms with Crippen LogP contribution in [0.1, 0.15) is 42.6 Å². The van der Waals surface area contributed by atoms with Gasteiger partial charge in [-0.05, 0) is 50.3 Å². The molecule has 0 radical (unpaired) electrons. The van der Waals surface area contributed by atoms with Crippen molar-refractivity contribution in [2.24, 2.45) is 5.92 Å². The van der Waals surface area contributed by atoms with Gasteiger partial charge in [-0.3, -0.25) is 9.48 Å². The van der Waals surface area contributed by atoms with Crippen LogP contribution in [-0.4, -0.2) is 41.5 Å². The minimum atomic E-state index is -3.91. The minimum Gasteiger partial charge on any atom is -0.319 e. The second-order valence-corrected chi connectivity index (χ2v) is 9.08. The van der Waals surface area contributed by atoms with Gasteiger partial charge in [0.2, 0.25) is 5.03 Å². The molecule has 1 aliphatic rings. The largest absolute Gasteiger partial charge is 0.319 e. The molecule has 1 aromatic heterocycles. The average Bonchev–Trinajstić information content (AvgIpc) is 3.10. The molecule has 28 heavy (non-hydrogen) atoms. The summed E-state index contributed by atoms with van der Waals surface area (Å²) in [6.45, 7) is 6.83. The number of piperidine rings is 1. The first kappa shape index (κ1) is 20.5. The molecule has 1 fully saturated rings. The Hall–Kier alpha value is -2.26. The Morgan fingerprint density at radius 1 is 1.32 bits per heavy atom. The second kappa shape index (κ2) is 8.00. The van der Waals surface area contributed by atoms with Crippen LogP contribution in [0.2, 0.25) is 0 Å². The lowest BCUT2D eigenvalue weighted by atomic mass is 10.0. The van der Waals surface area contributed by atoms with Gasteiger partial charge < -0.3 is 5.32 Å². The number of hydrogen-bond acceptors (Lipinski definition) is 4. The van der Waals surface area contributed by atoms with Crippen LogP contribution in [0.4, 0.5) is 10.1 Å². The number of carbonyl (C=O) groups excluding carboxylic acids is 1. The second-order valence-electron chi connectivity index (χ2n) is 7.23. The van der Waals surface area contributed by atoms with E-state index in [0.717, 1.165) is 18.4 Å². The predicted molar refractivity (Wildman–Crippen MR) is 104 cm³/mol. The SMILES string of the molecule is CCn1cc(C(=O)Nc2ccc(C)cc2F)c(S(=O)(=O)N2CCC(C)CC2)n1. The zero-order valence-electron chi connectivity index (χ0n) is 16.3. The molecule has 0 spiro atoms. The Morgan fingerprint density at radius 2 is 2.00 bits per heavy atom. The number of benzene rings is 1.